The molecule has 0 aromatic heterocycles. The molecule has 0 unspecified atom stereocenters. The molecule has 0 N–H and O–H groups in total. The predicted molar refractivity (Wildman–Crippen MR) is 96.5 cm³/mol. The number of rotatable bonds is 2. The fourth-order valence-corrected chi connectivity index (χ4v) is 3.94. The molecule has 2 aromatic carbocycles. The molecule has 136 valence electrons. The molecule has 6 nitrogen and oxygen atoms in total. The van der Waals surface area contributed by atoms with E-state index in [0.29, 0.717) is 39.4 Å². The van der Waals surface area contributed by atoms with Crippen LogP contribution in [-0.4, -0.2) is 35.2 Å². The largest absolute Gasteiger partial charge is 0.450 e. The van der Waals surface area contributed by atoms with E-state index in [4.69, 9.17) is 9.47 Å². The summed E-state index contributed by atoms with van der Waals surface area (Å²) in [5.74, 6) is 0. The van der Waals surface area contributed by atoms with E-state index in [-0.39, 0.29) is 12.2 Å². The summed E-state index contributed by atoms with van der Waals surface area (Å²) < 4.78 is 10.3. The molecule has 0 atom stereocenters. The van der Waals surface area contributed by atoms with Crippen LogP contribution in [0.3, 0.4) is 0 Å². The van der Waals surface area contributed by atoms with Crippen LogP contribution in [0.25, 0.3) is 10.8 Å². The van der Waals surface area contributed by atoms with Gasteiger partial charge < -0.3 is 9.47 Å². The standard InChI is InChI=1S/C20H22N2O4/c1-3-25-19(23)21-9-13-5-7-15-11-22(20(24)26-4-2)12-16-8-6-14(10-21)17(13)18(15)16/h5-8H,3-4,9-12H2,1-2H3. The Kier molecular flexibility index (Phi) is 4.18. The van der Waals surface area contributed by atoms with Crippen molar-refractivity contribution in [1.29, 1.82) is 0 Å². The van der Waals surface area contributed by atoms with Crippen molar-refractivity contribution < 1.29 is 19.1 Å². The third kappa shape index (κ3) is 2.66. The van der Waals surface area contributed by atoms with E-state index in [1.165, 1.54) is 10.8 Å². The van der Waals surface area contributed by atoms with Gasteiger partial charge in [0.1, 0.15) is 0 Å². The third-order valence-corrected chi connectivity index (χ3v) is 5.00. The highest BCUT2D eigenvalue weighted by Gasteiger charge is 2.29. The molecule has 2 heterocycles. The number of carbonyl (C=O) groups is 2. The van der Waals surface area contributed by atoms with Gasteiger partial charge in [-0.3, -0.25) is 9.80 Å². The zero-order valence-electron chi connectivity index (χ0n) is 15.1. The molecule has 0 radical (unpaired) electrons. The first kappa shape index (κ1) is 16.7. The Morgan fingerprint density at radius 1 is 0.731 bits per heavy atom. The Morgan fingerprint density at radius 3 is 1.31 bits per heavy atom. The number of nitrogens with zero attached hydrogens (tertiary/aromatic N) is 2. The fourth-order valence-electron chi connectivity index (χ4n) is 3.94. The molecule has 2 amide bonds. The minimum atomic E-state index is -0.278. The maximum Gasteiger partial charge on any atom is 0.410 e. The summed E-state index contributed by atoms with van der Waals surface area (Å²) in [7, 11) is 0. The predicted octanol–water partition coefficient (Wildman–Crippen LogP) is 3.78. The van der Waals surface area contributed by atoms with E-state index >= 15 is 0 Å². The van der Waals surface area contributed by atoms with Gasteiger partial charge in [-0.1, -0.05) is 24.3 Å². The number of hydrogen-bond acceptors (Lipinski definition) is 4. The second kappa shape index (κ2) is 6.52. The highest BCUT2D eigenvalue weighted by atomic mass is 16.6. The lowest BCUT2D eigenvalue weighted by Gasteiger charge is -2.33. The zero-order chi connectivity index (χ0) is 18.3. The Balaban J connectivity index is 1.72. The average molecular weight is 354 g/mol. The number of benzene rings is 2. The van der Waals surface area contributed by atoms with Crippen LogP contribution in [-0.2, 0) is 35.7 Å². The topological polar surface area (TPSA) is 59.1 Å². The van der Waals surface area contributed by atoms with E-state index in [1.807, 2.05) is 13.8 Å². The zero-order valence-corrected chi connectivity index (χ0v) is 15.1. The van der Waals surface area contributed by atoms with Gasteiger partial charge in [0, 0.05) is 26.2 Å². The van der Waals surface area contributed by atoms with E-state index in [0.717, 1.165) is 22.3 Å². The molecule has 0 aliphatic carbocycles. The van der Waals surface area contributed by atoms with Gasteiger partial charge in [-0.25, -0.2) is 9.59 Å². The molecule has 2 aliphatic rings. The molecule has 0 saturated heterocycles. The van der Waals surface area contributed by atoms with Crippen LogP contribution >= 0.6 is 0 Å². The van der Waals surface area contributed by atoms with Gasteiger partial charge in [0.25, 0.3) is 0 Å². The number of carbonyl (C=O) groups excluding carboxylic acids is 2. The third-order valence-electron chi connectivity index (χ3n) is 5.00. The fraction of sp³-hybridized carbons (Fsp3) is 0.400. The van der Waals surface area contributed by atoms with Crippen LogP contribution in [0.4, 0.5) is 9.59 Å². The smallest absolute Gasteiger partial charge is 0.410 e. The summed E-state index contributed by atoms with van der Waals surface area (Å²) in [5, 5.41) is 2.45. The van der Waals surface area contributed by atoms with E-state index in [1.54, 1.807) is 9.80 Å². The first-order chi connectivity index (χ1) is 12.6. The first-order valence-electron chi connectivity index (χ1n) is 9.01. The van der Waals surface area contributed by atoms with Crippen LogP contribution in [0.5, 0.6) is 0 Å². The first-order valence-corrected chi connectivity index (χ1v) is 9.01. The average Bonchev–Trinajstić information content (AvgIpc) is 2.65. The van der Waals surface area contributed by atoms with Gasteiger partial charge >= 0.3 is 12.2 Å². The Hall–Kier alpha value is -2.76. The lowest BCUT2D eigenvalue weighted by molar-refractivity contribution is 0.0994. The Labute approximate surface area is 152 Å². The molecule has 2 aromatic rings. The molecule has 0 saturated carbocycles. The molecular formula is C20H22N2O4. The minimum absolute atomic E-state index is 0.278. The summed E-state index contributed by atoms with van der Waals surface area (Å²) >= 11 is 0. The van der Waals surface area contributed by atoms with Gasteiger partial charge in [-0.15, -0.1) is 0 Å². The van der Waals surface area contributed by atoms with Crippen molar-refractivity contribution in [3.63, 3.8) is 0 Å². The monoisotopic (exact) mass is 354 g/mol. The van der Waals surface area contributed by atoms with Crippen LogP contribution in [0.15, 0.2) is 24.3 Å². The SMILES string of the molecule is CCOC(=O)N1Cc2ccc3c4c(ccc(c24)C1)CN(C(=O)OCC)C3. The highest BCUT2D eigenvalue weighted by molar-refractivity contribution is 5.96. The minimum Gasteiger partial charge on any atom is -0.450 e. The Bertz CT molecular complexity index is 770. The number of amides is 2. The van der Waals surface area contributed by atoms with Gasteiger partial charge in [-0.2, -0.15) is 0 Å². The number of hydrogen-bond donors (Lipinski definition) is 0. The van der Waals surface area contributed by atoms with Crippen molar-refractivity contribution in [2.45, 2.75) is 40.0 Å². The van der Waals surface area contributed by atoms with Gasteiger partial charge in [-0.05, 0) is 46.9 Å². The summed E-state index contributed by atoms with van der Waals surface area (Å²) in [4.78, 5) is 27.8. The van der Waals surface area contributed by atoms with Crippen molar-refractivity contribution in [1.82, 2.24) is 9.80 Å². The second-order valence-electron chi connectivity index (χ2n) is 6.63. The summed E-state index contributed by atoms with van der Waals surface area (Å²) in [6, 6.07) is 8.24. The quantitative estimate of drug-likeness (QED) is 0.823. The van der Waals surface area contributed by atoms with Crippen LogP contribution in [0.2, 0.25) is 0 Å². The van der Waals surface area contributed by atoms with Crippen molar-refractivity contribution in [3.8, 4) is 0 Å². The lowest BCUT2D eigenvalue weighted by Crippen LogP contribution is -2.35. The molecular weight excluding hydrogens is 332 g/mol. The van der Waals surface area contributed by atoms with Crippen molar-refractivity contribution in [2.75, 3.05) is 13.2 Å². The van der Waals surface area contributed by atoms with Crippen molar-refractivity contribution in [2.24, 2.45) is 0 Å². The molecule has 6 heteroatoms. The summed E-state index contributed by atoms with van der Waals surface area (Å²) in [6.07, 6.45) is -0.555. The summed E-state index contributed by atoms with van der Waals surface area (Å²) in [5.41, 5.74) is 4.52. The van der Waals surface area contributed by atoms with Crippen molar-refractivity contribution in [3.05, 3.63) is 46.5 Å². The van der Waals surface area contributed by atoms with E-state index in [2.05, 4.69) is 24.3 Å². The van der Waals surface area contributed by atoms with Gasteiger partial charge in [0.15, 0.2) is 0 Å². The number of ether oxygens (including phenoxy) is 2. The van der Waals surface area contributed by atoms with Gasteiger partial charge in [0.05, 0.1) is 13.2 Å². The van der Waals surface area contributed by atoms with Crippen LogP contribution < -0.4 is 0 Å². The van der Waals surface area contributed by atoms with E-state index in [9.17, 15) is 9.59 Å². The van der Waals surface area contributed by atoms with E-state index < -0.39 is 0 Å². The molecule has 0 spiro atoms. The van der Waals surface area contributed by atoms with Crippen LogP contribution in [0.1, 0.15) is 36.1 Å². The van der Waals surface area contributed by atoms with Crippen LogP contribution in [0, 0.1) is 0 Å². The van der Waals surface area contributed by atoms with Gasteiger partial charge in [0.2, 0.25) is 0 Å². The lowest BCUT2D eigenvalue weighted by atomic mass is 9.87. The molecule has 0 fully saturated rings. The molecule has 26 heavy (non-hydrogen) atoms. The van der Waals surface area contributed by atoms with Crippen molar-refractivity contribution >= 4 is 23.0 Å². The maximum atomic E-state index is 12.2. The Morgan fingerprint density at radius 2 is 1.04 bits per heavy atom. The second-order valence-corrected chi connectivity index (χ2v) is 6.63. The molecule has 2 aliphatic heterocycles. The molecule has 4 rings (SSSR count). The molecule has 0 bridgehead atoms. The highest BCUT2D eigenvalue weighted by Crippen LogP contribution is 2.38. The summed E-state index contributed by atoms with van der Waals surface area (Å²) in [6.45, 7) is 6.58. The maximum absolute atomic E-state index is 12.2. The normalized spacial score (nSPS) is 15.2.